The number of amides is 1. The summed E-state index contributed by atoms with van der Waals surface area (Å²) in [4.78, 5) is 11.8. The maximum atomic E-state index is 11.8. The fraction of sp³-hybridized carbons (Fsp3) is 0.667. The number of anilines is 1. The number of hydrogen-bond acceptors (Lipinski definition) is 7. The summed E-state index contributed by atoms with van der Waals surface area (Å²) in [5, 5.41) is 6.05. The van der Waals surface area contributed by atoms with Gasteiger partial charge in [0, 0.05) is 13.2 Å². The van der Waals surface area contributed by atoms with Crippen molar-refractivity contribution in [1.29, 1.82) is 0 Å². The number of ether oxygens (including phenoxy) is 2. The van der Waals surface area contributed by atoms with Crippen molar-refractivity contribution in [3.8, 4) is 0 Å². The monoisotopic (exact) mass is 335 g/mol. The van der Waals surface area contributed by atoms with Gasteiger partial charge in [0.05, 0.1) is 31.6 Å². The van der Waals surface area contributed by atoms with E-state index in [4.69, 9.17) is 14.0 Å². The number of carbonyl (C=O) groups is 1. The lowest BCUT2D eigenvalue weighted by Gasteiger charge is -2.13. The van der Waals surface area contributed by atoms with Gasteiger partial charge in [-0.2, -0.15) is 0 Å². The molecule has 1 aromatic rings. The predicted molar refractivity (Wildman–Crippen MR) is 78.9 cm³/mol. The van der Waals surface area contributed by atoms with Gasteiger partial charge in [-0.3, -0.25) is 4.79 Å². The van der Waals surface area contributed by atoms with Crippen molar-refractivity contribution in [2.75, 3.05) is 38.0 Å². The third-order valence-electron chi connectivity index (χ3n) is 2.56. The lowest BCUT2D eigenvalue weighted by molar-refractivity contribution is -0.117. The number of hydrogen-bond donors (Lipinski definition) is 2. The van der Waals surface area contributed by atoms with Crippen LogP contribution in [0, 0.1) is 6.92 Å². The number of aryl methyl sites for hydroxylation is 1. The normalized spacial score (nSPS) is 13.0. The third kappa shape index (κ3) is 6.98. The van der Waals surface area contributed by atoms with E-state index in [-0.39, 0.29) is 18.2 Å². The molecule has 1 heterocycles. The number of nitrogens with one attached hydrogen (secondary N) is 2. The van der Waals surface area contributed by atoms with Gasteiger partial charge in [-0.05, 0) is 13.8 Å². The molecule has 9 nitrogen and oxygen atoms in total. The molecule has 0 fully saturated rings. The van der Waals surface area contributed by atoms with Crippen molar-refractivity contribution < 1.29 is 27.2 Å². The standard InChI is InChI=1S/C12H21N3O6S/c1-9-8-11(14-21-9)13-12(16)10(2)15-22(17,18)7-6-20-5-4-19-3/h8,10,15H,4-7H2,1-3H3,(H,13,14,16). The second-order valence-electron chi connectivity index (χ2n) is 4.58. The van der Waals surface area contributed by atoms with Crippen LogP contribution in [-0.4, -0.2) is 58.2 Å². The molecule has 126 valence electrons. The Kier molecular flexibility index (Phi) is 7.45. The summed E-state index contributed by atoms with van der Waals surface area (Å²) in [5.74, 6) is 0.00239. The topological polar surface area (TPSA) is 120 Å². The SMILES string of the molecule is COCCOCCS(=O)(=O)NC(C)C(=O)Nc1cc(C)on1. The maximum absolute atomic E-state index is 11.8. The highest BCUT2D eigenvalue weighted by molar-refractivity contribution is 7.89. The first-order chi connectivity index (χ1) is 10.3. The van der Waals surface area contributed by atoms with Gasteiger partial charge in [0.1, 0.15) is 5.76 Å². The minimum atomic E-state index is -3.62. The zero-order valence-corrected chi connectivity index (χ0v) is 13.6. The number of methoxy groups -OCH3 is 1. The molecule has 0 aliphatic heterocycles. The summed E-state index contributed by atoms with van der Waals surface area (Å²) >= 11 is 0. The number of rotatable bonds is 10. The fourth-order valence-electron chi connectivity index (χ4n) is 1.45. The van der Waals surface area contributed by atoms with Gasteiger partial charge in [-0.1, -0.05) is 5.16 Å². The molecule has 0 saturated carbocycles. The van der Waals surface area contributed by atoms with E-state index in [1.54, 1.807) is 6.92 Å². The summed E-state index contributed by atoms with van der Waals surface area (Å²) in [6, 6.07) is 0.587. The first-order valence-corrected chi connectivity index (χ1v) is 8.30. The minimum absolute atomic E-state index is 0.0233. The van der Waals surface area contributed by atoms with E-state index in [9.17, 15) is 13.2 Å². The molecule has 1 atom stereocenters. The molecular formula is C12H21N3O6S. The molecule has 1 amide bonds. The van der Waals surface area contributed by atoms with Crippen LogP contribution in [0.2, 0.25) is 0 Å². The van der Waals surface area contributed by atoms with Gasteiger partial charge in [-0.15, -0.1) is 0 Å². The van der Waals surface area contributed by atoms with Crippen LogP contribution >= 0.6 is 0 Å². The molecule has 0 bridgehead atoms. The van der Waals surface area contributed by atoms with Crippen molar-refractivity contribution in [3.63, 3.8) is 0 Å². The van der Waals surface area contributed by atoms with Crippen LogP contribution in [0.25, 0.3) is 0 Å². The van der Waals surface area contributed by atoms with Gasteiger partial charge >= 0.3 is 0 Å². The predicted octanol–water partition coefficient (Wildman–Crippen LogP) is -0.108. The van der Waals surface area contributed by atoms with Crippen LogP contribution in [-0.2, 0) is 24.3 Å². The summed E-state index contributed by atoms with van der Waals surface area (Å²) in [6.45, 7) is 3.84. The Bertz CT molecular complexity index is 571. The Morgan fingerprint density at radius 3 is 2.73 bits per heavy atom. The van der Waals surface area contributed by atoms with E-state index >= 15 is 0 Å². The van der Waals surface area contributed by atoms with Crippen molar-refractivity contribution in [2.45, 2.75) is 19.9 Å². The van der Waals surface area contributed by atoms with E-state index in [2.05, 4.69) is 15.2 Å². The van der Waals surface area contributed by atoms with Crippen LogP contribution in [0.15, 0.2) is 10.6 Å². The second-order valence-corrected chi connectivity index (χ2v) is 6.45. The lowest BCUT2D eigenvalue weighted by Crippen LogP contribution is -2.43. The zero-order chi connectivity index (χ0) is 16.6. The summed E-state index contributed by atoms with van der Waals surface area (Å²) < 4.78 is 40.5. The van der Waals surface area contributed by atoms with Crippen LogP contribution in [0.3, 0.4) is 0 Å². The Balaban J connectivity index is 2.38. The van der Waals surface area contributed by atoms with E-state index < -0.39 is 22.0 Å². The fourth-order valence-corrected chi connectivity index (χ4v) is 2.56. The molecule has 10 heteroatoms. The van der Waals surface area contributed by atoms with Crippen molar-refractivity contribution in [3.05, 3.63) is 11.8 Å². The highest BCUT2D eigenvalue weighted by atomic mass is 32.2. The average molecular weight is 335 g/mol. The highest BCUT2D eigenvalue weighted by Crippen LogP contribution is 2.07. The van der Waals surface area contributed by atoms with Crippen LogP contribution in [0.1, 0.15) is 12.7 Å². The molecule has 2 N–H and O–H groups in total. The molecular weight excluding hydrogens is 314 g/mol. The molecule has 0 aromatic carbocycles. The maximum Gasteiger partial charge on any atom is 0.243 e. The third-order valence-corrected chi connectivity index (χ3v) is 3.97. The van der Waals surface area contributed by atoms with Gasteiger partial charge < -0.3 is 19.3 Å². The Labute approximate surface area is 129 Å². The smallest absolute Gasteiger partial charge is 0.243 e. The van der Waals surface area contributed by atoms with E-state index in [0.29, 0.717) is 19.0 Å². The number of carbonyl (C=O) groups excluding carboxylic acids is 1. The Morgan fingerprint density at radius 1 is 1.41 bits per heavy atom. The lowest BCUT2D eigenvalue weighted by atomic mass is 10.3. The number of aromatic nitrogens is 1. The van der Waals surface area contributed by atoms with Crippen molar-refractivity contribution >= 4 is 21.7 Å². The van der Waals surface area contributed by atoms with Gasteiger partial charge in [0.15, 0.2) is 5.82 Å². The molecule has 22 heavy (non-hydrogen) atoms. The summed E-state index contributed by atoms with van der Waals surface area (Å²) in [5.41, 5.74) is 0. The number of nitrogens with zero attached hydrogens (tertiary/aromatic N) is 1. The average Bonchev–Trinajstić information content (AvgIpc) is 2.83. The van der Waals surface area contributed by atoms with Gasteiger partial charge in [0.25, 0.3) is 0 Å². The van der Waals surface area contributed by atoms with Crippen molar-refractivity contribution in [1.82, 2.24) is 9.88 Å². The molecule has 0 aliphatic rings. The Hall–Kier alpha value is -1.49. The van der Waals surface area contributed by atoms with E-state index in [1.165, 1.54) is 20.1 Å². The van der Waals surface area contributed by atoms with Crippen LogP contribution < -0.4 is 10.0 Å². The molecule has 0 spiro atoms. The highest BCUT2D eigenvalue weighted by Gasteiger charge is 2.21. The van der Waals surface area contributed by atoms with Gasteiger partial charge in [-0.25, -0.2) is 13.1 Å². The molecule has 0 aliphatic carbocycles. The zero-order valence-electron chi connectivity index (χ0n) is 12.8. The summed E-state index contributed by atoms with van der Waals surface area (Å²) in [7, 11) is -2.09. The second kappa shape index (κ2) is 8.83. The Morgan fingerprint density at radius 2 is 2.14 bits per heavy atom. The molecule has 0 radical (unpaired) electrons. The molecule has 1 rings (SSSR count). The van der Waals surface area contributed by atoms with Crippen molar-refractivity contribution in [2.24, 2.45) is 0 Å². The van der Waals surface area contributed by atoms with Crippen LogP contribution in [0.5, 0.6) is 0 Å². The first kappa shape index (κ1) is 18.6. The summed E-state index contributed by atoms with van der Waals surface area (Å²) in [6.07, 6.45) is 0. The minimum Gasteiger partial charge on any atom is -0.382 e. The van der Waals surface area contributed by atoms with E-state index in [0.717, 1.165) is 0 Å². The molecule has 1 aromatic heterocycles. The molecule has 0 saturated heterocycles. The first-order valence-electron chi connectivity index (χ1n) is 6.65. The van der Waals surface area contributed by atoms with Crippen LogP contribution in [0.4, 0.5) is 5.82 Å². The van der Waals surface area contributed by atoms with Gasteiger partial charge in [0.2, 0.25) is 15.9 Å². The quantitative estimate of drug-likeness (QED) is 0.573. The number of sulfonamides is 1. The largest absolute Gasteiger partial charge is 0.382 e. The van der Waals surface area contributed by atoms with E-state index in [1.807, 2.05) is 0 Å². The molecule has 1 unspecified atom stereocenters.